The van der Waals surface area contributed by atoms with Gasteiger partial charge in [-0.05, 0) is 36.5 Å². The van der Waals surface area contributed by atoms with Gasteiger partial charge in [0.1, 0.15) is 6.29 Å². The van der Waals surface area contributed by atoms with E-state index in [4.69, 9.17) is 0 Å². The minimum Gasteiger partial charge on any atom is -0.303 e. The van der Waals surface area contributed by atoms with Crippen molar-refractivity contribution in [3.8, 4) is 0 Å². The van der Waals surface area contributed by atoms with Gasteiger partial charge in [0.2, 0.25) is 15.9 Å². The zero-order chi connectivity index (χ0) is 16.3. The monoisotopic (exact) mass is 327 g/mol. The molecule has 2 saturated carbocycles. The van der Waals surface area contributed by atoms with Crippen molar-refractivity contribution in [2.24, 2.45) is 22.7 Å². The summed E-state index contributed by atoms with van der Waals surface area (Å²) < 4.78 is 26.5. The van der Waals surface area contributed by atoms with Crippen LogP contribution in [0, 0.1) is 22.7 Å². The lowest BCUT2D eigenvalue weighted by molar-refractivity contribution is -0.130. The first kappa shape index (κ1) is 16.0. The lowest BCUT2D eigenvalue weighted by Crippen LogP contribution is -2.44. The second-order valence-corrected chi connectivity index (χ2v) is 9.87. The van der Waals surface area contributed by atoms with Crippen molar-refractivity contribution in [1.29, 1.82) is 0 Å². The summed E-state index contributed by atoms with van der Waals surface area (Å²) in [5.74, 6) is 0.195. The van der Waals surface area contributed by atoms with Crippen molar-refractivity contribution in [2.75, 3.05) is 5.75 Å². The van der Waals surface area contributed by atoms with Crippen LogP contribution in [-0.4, -0.2) is 36.7 Å². The van der Waals surface area contributed by atoms with Crippen LogP contribution < -0.4 is 0 Å². The Kier molecular flexibility index (Phi) is 3.48. The predicted molar refractivity (Wildman–Crippen MR) is 82.4 cm³/mol. The molecule has 1 saturated heterocycles. The maximum atomic E-state index is 12.7. The number of sulfonamides is 1. The molecule has 0 N–H and O–H groups in total. The summed E-state index contributed by atoms with van der Waals surface area (Å²) in [6.45, 7) is 6.15. The van der Waals surface area contributed by atoms with Crippen LogP contribution >= 0.6 is 0 Å². The molecule has 1 heterocycles. The first-order chi connectivity index (χ1) is 10.2. The van der Waals surface area contributed by atoms with Crippen LogP contribution in [0.4, 0.5) is 0 Å². The van der Waals surface area contributed by atoms with Gasteiger partial charge < -0.3 is 4.79 Å². The minimum atomic E-state index is -3.53. The number of carbonyl (C=O) groups excluding carboxylic acids is 2. The molecule has 0 aromatic rings. The van der Waals surface area contributed by atoms with Crippen LogP contribution in [0.5, 0.6) is 0 Å². The maximum Gasteiger partial charge on any atom is 0.238 e. The first-order valence-electron chi connectivity index (χ1n) is 8.14. The fraction of sp³-hybridized carbons (Fsp3) is 0.875. The normalized spacial score (nSPS) is 38.8. The molecule has 0 aromatic heterocycles. The van der Waals surface area contributed by atoms with Gasteiger partial charge in [-0.15, -0.1) is 0 Å². The van der Waals surface area contributed by atoms with Crippen LogP contribution in [0.15, 0.2) is 0 Å². The molecule has 0 unspecified atom stereocenters. The zero-order valence-electron chi connectivity index (χ0n) is 13.5. The molecule has 3 rings (SSSR count). The zero-order valence-corrected chi connectivity index (χ0v) is 14.4. The van der Waals surface area contributed by atoms with Crippen LogP contribution in [0.1, 0.15) is 52.9 Å². The molecule has 0 radical (unpaired) electrons. The molecule has 5 nitrogen and oxygen atoms in total. The lowest BCUT2D eigenvalue weighted by atomic mass is 9.69. The number of rotatable bonds is 4. The van der Waals surface area contributed by atoms with E-state index in [0.29, 0.717) is 12.3 Å². The highest BCUT2D eigenvalue weighted by molar-refractivity contribution is 7.90. The molecule has 0 aromatic carbocycles. The second kappa shape index (κ2) is 4.79. The molecule has 4 atom stereocenters. The Morgan fingerprint density at radius 1 is 1.41 bits per heavy atom. The molecule has 1 spiro atoms. The van der Waals surface area contributed by atoms with Crippen molar-refractivity contribution in [1.82, 2.24) is 4.31 Å². The third kappa shape index (κ3) is 1.92. The molecule has 2 bridgehead atoms. The average Bonchev–Trinajstić information content (AvgIpc) is 2.85. The van der Waals surface area contributed by atoms with Gasteiger partial charge in [0.15, 0.2) is 0 Å². The van der Waals surface area contributed by atoms with E-state index in [9.17, 15) is 18.0 Å². The van der Waals surface area contributed by atoms with Crippen LogP contribution in [0.2, 0.25) is 0 Å². The van der Waals surface area contributed by atoms with Crippen molar-refractivity contribution in [3.63, 3.8) is 0 Å². The van der Waals surface area contributed by atoms with E-state index in [0.717, 1.165) is 25.5 Å². The summed E-state index contributed by atoms with van der Waals surface area (Å²) in [6, 6.07) is -0.165. The number of aldehydes is 1. The van der Waals surface area contributed by atoms with Gasteiger partial charge in [-0.2, -0.15) is 0 Å². The van der Waals surface area contributed by atoms with E-state index in [1.54, 1.807) is 0 Å². The van der Waals surface area contributed by atoms with Crippen molar-refractivity contribution < 1.29 is 18.0 Å². The van der Waals surface area contributed by atoms with Crippen molar-refractivity contribution >= 4 is 22.2 Å². The summed E-state index contributed by atoms with van der Waals surface area (Å²) in [7, 11) is -3.53. The number of nitrogens with zero attached hydrogens (tertiary/aromatic N) is 1. The molecule has 3 aliphatic rings. The standard InChI is InChI=1S/C16H25NO4S/c1-11(5-7-18)8-14(19)17-13-9-12-4-6-16(13,15(12,2)3)10-22(17,20)21/h7,11-13H,4-6,8-10H2,1-3H3/t11-,12-,13-,16-/m1/s1. The number of hydrogen-bond donors (Lipinski definition) is 0. The van der Waals surface area contributed by atoms with E-state index in [-0.39, 0.29) is 40.9 Å². The SMILES string of the molecule is C[C@H](CC=O)CC(=O)N1[C@@H]2C[C@H]3CC[C@]2(CS1(=O)=O)C3(C)C. The summed E-state index contributed by atoms with van der Waals surface area (Å²) in [5.41, 5.74) is -0.283. The Morgan fingerprint density at radius 2 is 2.09 bits per heavy atom. The van der Waals surface area contributed by atoms with Crippen LogP contribution in [0.3, 0.4) is 0 Å². The fourth-order valence-electron chi connectivity index (χ4n) is 5.25. The molecule has 1 amide bonds. The first-order valence-corrected chi connectivity index (χ1v) is 9.75. The quantitative estimate of drug-likeness (QED) is 0.740. The lowest BCUT2D eigenvalue weighted by Gasteiger charge is -2.37. The van der Waals surface area contributed by atoms with E-state index in [1.807, 2.05) is 6.92 Å². The Labute approximate surface area is 132 Å². The van der Waals surface area contributed by atoms with Crippen LogP contribution in [-0.2, 0) is 19.6 Å². The fourth-order valence-corrected chi connectivity index (χ4v) is 7.81. The molecule has 1 aliphatic heterocycles. The molecular formula is C16H25NO4S. The van der Waals surface area contributed by atoms with E-state index < -0.39 is 10.0 Å². The molecule has 3 fully saturated rings. The van der Waals surface area contributed by atoms with Crippen molar-refractivity contribution in [2.45, 2.75) is 58.9 Å². The Morgan fingerprint density at radius 3 is 2.68 bits per heavy atom. The number of fused-ring (bicyclic) bond motifs is 1. The molecule has 124 valence electrons. The van der Waals surface area contributed by atoms with Crippen LogP contribution in [0.25, 0.3) is 0 Å². The highest BCUT2D eigenvalue weighted by atomic mass is 32.2. The molecule has 2 aliphatic carbocycles. The number of carbonyl (C=O) groups is 2. The number of hydrogen-bond acceptors (Lipinski definition) is 4. The largest absolute Gasteiger partial charge is 0.303 e. The molecular weight excluding hydrogens is 302 g/mol. The highest BCUT2D eigenvalue weighted by Crippen LogP contribution is 2.70. The third-order valence-corrected chi connectivity index (χ3v) is 8.62. The number of amides is 1. The van der Waals surface area contributed by atoms with Gasteiger partial charge in [0.25, 0.3) is 0 Å². The highest BCUT2D eigenvalue weighted by Gasteiger charge is 2.72. The van der Waals surface area contributed by atoms with Gasteiger partial charge >= 0.3 is 0 Å². The summed E-state index contributed by atoms with van der Waals surface area (Å²) in [4.78, 5) is 23.2. The smallest absolute Gasteiger partial charge is 0.238 e. The average molecular weight is 327 g/mol. The maximum absolute atomic E-state index is 12.7. The second-order valence-electron chi connectivity index (χ2n) is 8.02. The summed E-state index contributed by atoms with van der Waals surface area (Å²) in [6.07, 6.45) is 4.00. The van der Waals surface area contributed by atoms with Gasteiger partial charge in [0, 0.05) is 18.3 Å². The Bertz CT molecular complexity index is 612. The van der Waals surface area contributed by atoms with Gasteiger partial charge in [-0.3, -0.25) is 4.79 Å². The molecule has 6 heteroatoms. The van der Waals surface area contributed by atoms with Gasteiger partial charge in [0.05, 0.1) is 11.8 Å². The van der Waals surface area contributed by atoms with Crippen molar-refractivity contribution in [3.05, 3.63) is 0 Å². The third-order valence-electron chi connectivity index (χ3n) is 6.68. The van der Waals surface area contributed by atoms with E-state index in [1.165, 1.54) is 4.31 Å². The summed E-state index contributed by atoms with van der Waals surface area (Å²) in [5, 5.41) is 0. The van der Waals surface area contributed by atoms with Gasteiger partial charge in [-0.25, -0.2) is 12.7 Å². The van der Waals surface area contributed by atoms with Gasteiger partial charge in [-0.1, -0.05) is 20.8 Å². The predicted octanol–water partition coefficient (Wildman–Crippen LogP) is 1.97. The topological polar surface area (TPSA) is 71.5 Å². The van der Waals surface area contributed by atoms with E-state index in [2.05, 4.69) is 13.8 Å². The summed E-state index contributed by atoms with van der Waals surface area (Å²) >= 11 is 0. The molecule has 22 heavy (non-hydrogen) atoms. The minimum absolute atomic E-state index is 0.0197. The van der Waals surface area contributed by atoms with E-state index >= 15 is 0 Å². The Hall–Kier alpha value is -0.910. The Balaban J connectivity index is 1.90.